The molecule has 0 saturated heterocycles. The average molecular weight is 258 g/mol. The van der Waals surface area contributed by atoms with Gasteiger partial charge >= 0.3 is 5.82 Å². The second-order valence-corrected chi connectivity index (χ2v) is 3.93. The normalized spacial score (nSPS) is 12.6. The molecule has 2 N–H and O–H groups in total. The summed E-state index contributed by atoms with van der Waals surface area (Å²) in [5.74, 6) is -0.202. The Balaban J connectivity index is 2.43. The molecule has 0 spiro atoms. The third-order valence-corrected chi connectivity index (χ3v) is 2.40. The lowest BCUT2D eigenvalue weighted by Crippen LogP contribution is -2.32. The lowest BCUT2D eigenvalue weighted by atomic mass is 10.3. The van der Waals surface area contributed by atoms with Crippen LogP contribution in [0.5, 0.6) is 0 Å². The van der Waals surface area contributed by atoms with Crippen molar-refractivity contribution in [3.8, 4) is 0 Å². The van der Waals surface area contributed by atoms with Crippen molar-refractivity contribution < 1.29 is 14.8 Å². The highest BCUT2D eigenvalue weighted by Crippen LogP contribution is 2.11. The maximum atomic E-state index is 10.5. The van der Waals surface area contributed by atoms with Gasteiger partial charge in [0.05, 0.1) is 36.1 Å². The molecule has 1 unspecified atom stereocenters. The molecule has 8 heteroatoms. The van der Waals surface area contributed by atoms with E-state index in [1.807, 2.05) is 0 Å². The molecule has 0 aromatic carbocycles. The van der Waals surface area contributed by atoms with Crippen molar-refractivity contribution in [2.45, 2.75) is 19.6 Å². The third kappa shape index (κ3) is 4.40. The second-order valence-electron chi connectivity index (χ2n) is 3.93. The zero-order valence-corrected chi connectivity index (χ0v) is 10.5. The Morgan fingerprint density at radius 2 is 2.44 bits per heavy atom. The summed E-state index contributed by atoms with van der Waals surface area (Å²) < 4.78 is 6.29. The first-order chi connectivity index (χ1) is 8.54. The molecule has 0 fully saturated rings. The van der Waals surface area contributed by atoms with Crippen molar-refractivity contribution in [1.29, 1.82) is 0 Å². The predicted octanol–water partition coefficient (Wildman–Crippen LogP) is -0.303. The summed E-state index contributed by atoms with van der Waals surface area (Å²) in [5, 5.41) is 27.1. The van der Waals surface area contributed by atoms with Gasteiger partial charge < -0.3 is 25.3 Å². The van der Waals surface area contributed by atoms with Gasteiger partial charge in [0.25, 0.3) is 0 Å². The van der Waals surface area contributed by atoms with E-state index in [9.17, 15) is 15.2 Å². The van der Waals surface area contributed by atoms with E-state index in [-0.39, 0.29) is 12.4 Å². The molecule has 0 aliphatic rings. The van der Waals surface area contributed by atoms with Gasteiger partial charge in [-0.3, -0.25) is 0 Å². The fraction of sp³-hybridized carbons (Fsp3) is 0.700. The summed E-state index contributed by atoms with van der Waals surface area (Å²) in [6, 6.07) is 1.38. The number of aromatic nitrogens is 2. The Morgan fingerprint density at radius 3 is 3.00 bits per heavy atom. The van der Waals surface area contributed by atoms with Crippen molar-refractivity contribution in [2.75, 3.05) is 26.8 Å². The standard InChI is InChI=1S/C10H18N4O4/c1-8-5-10(14(16)17)12-13(8)7-9(15)6-11-3-4-18-2/h5,9,11,15H,3-4,6-7H2,1-2H3. The molecular weight excluding hydrogens is 240 g/mol. The Bertz CT molecular complexity index is 393. The smallest absolute Gasteiger partial charge is 0.390 e. The summed E-state index contributed by atoms with van der Waals surface area (Å²) in [5.41, 5.74) is 0.651. The van der Waals surface area contributed by atoms with Gasteiger partial charge in [-0.2, -0.15) is 4.68 Å². The minimum absolute atomic E-state index is 0.202. The van der Waals surface area contributed by atoms with Crippen LogP contribution < -0.4 is 5.32 Å². The van der Waals surface area contributed by atoms with E-state index < -0.39 is 11.0 Å². The summed E-state index contributed by atoms with van der Waals surface area (Å²) >= 11 is 0. The van der Waals surface area contributed by atoms with Crippen LogP contribution in [0.3, 0.4) is 0 Å². The fourth-order valence-corrected chi connectivity index (χ4v) is 1.47. The van der Waals surface area contributed by atoms with Crippen LogP contribution in [-0.4, -0.2) is 52.7 Å². The van der Waals surface area contributed by atoms with Crippen molar-refractivity contribution in [2.24, 2.45) is 0 Å². The van der Waals surface area contributed by atoms with Gasteiger partial charge in [-0.15, -0.1) is 0 Å². The van der Waals surface area contributed by atoms with Crippen LogP contribution in [0.15, 0.2) is 6.07 Å². The Hall–Kier alpha value is -1.51. The SMILES string of the molecule is COCCNCC(O)Cn1nc([N+](=O)[O-])cc1C. The number of aliphatic hydroxyl groups is 1. The molecule has 8 nitrogen and oxygen atoms in total. The van der Waals surface area contributed by atoms with E-state index in [0.29, 0.717) is 25.4 Å². The highest BCUT2D eigenvalue weighted by Gasteiger charge is 2.17. The van der Waals surface area contributed by atoms with Crippen LogP contribution in [0.25, 0.3) is 0 Å². The minimum Gasteiger partial charge on any atom is -0.390 e. The number of aryl methyl sites for hydroxylation is 1. The van der Waals surface area contributed by atoms with Gasteiger partial charge in [-0.25, -0.2) is 0 Å². The molecule has 0 saturated carbocycles. The van der Waals surface area contributed by atoms with Gasteiger partial charge in [-0.05, 0) is 11.8 Å². The molecule has 18 heavy (non-hydrogen) atoms. The number of hydrogen-bond donors (Lipinski definition) is 2. The highest BCUT2D eigenvalue weighted by atomic mass is 16.6. The first-order valence-corrected chi connectivity index (χ1v) is 5.61. The van der Waals surface area contributed by atoms with Gasteiger partial charge in [0, 0.05) is 20.2 Å². The van der Waals surface area contributed by atoms with Crippen LogP contribution in [0, 0.1) is 17.0 Å². The van der Waals surface area contributed by atoms with Crippen LogP contribution in [-0.2, 0) is 11.3 Å². The molecule has 1 atom stereocenters. The van der Waals surface area contributed by atoms with E-state index in [1.54, 1.807) is 14.0 Å². The number of nitrogens with zero attached hydrogens (tertiary/aromatic N) is 3. The van der Waals surface area contributed by atoms with Gasteiger partial charge in [0.2, 0.25) is 0 Å². The maximum Gasteiger partial charge on any atom is 0.390 e. The molecule has 0 bridgehead atoms. The van der Waals surface area contributed by atoms with Crippen molar-refractivity contribution >= 4 is 5.82 Å². The summed E-state index contributed by atoms with van der Waals surface area (Å²) in [6.07, 6.45) is -0.653. The number of ether oxygens (including phenoxy) is 1. The van der Waals surface area contributed by atoms with Crippen LogP contribution in [0.4, 0.5) is 5.82 Å². The molecular formula is C10H18N4O4. The second kappa shape index (κ2) is 7.04. The van der Waals surface area contributed by atoms with E-state index >= 15 is 0 Å². The topological polar surface area (TPSA) is 102 Å². The third-order valence-electron chi connectivity index (χ3n) is 2.40. The Kier molecular flexibility index (Phi) is 5.69. The van der Waals surface area contributed by atoms with Gasteiger partial charge in [0.15, 0.2) is 0 Å². The van der Waals surface area contributed by atoms with Crippen molar-refractivity contribution in [3.05, 3.63) is 21.9 Å². The number of aliphatic hydroxyl groups excluding tert-OH is 1. The number of methoxy groups -OCH3 is 1. The first kappa shape index (κ1) is 14.6. The van der Waals surface area contributed by atoms with E-state index in [4.69, 9.17) is 4.74 Å². The summed E-state index contributed by atoms with van der Waals surface area (Å²) in [4.78, 5) is 9.99. The van der Waals surface area contributed by atoms with Crippen LogP contribution in [0.1, 0.15) is 5.69 Å². The molecule has 1 aromatic heterocycles. The summed E-state index contributed by atoms with van der Waals surface area (Å²) in [7, 11) is 1.60. The zero-order chi connectivity index (χ0) is 13.5. The molecule has 102 valence electrons. The predicted molar refractivity (Wildman–Crippen MR) is 64.4 cm³/mol. The molecule has 0 aliphatic heterocycles. The number of hydrogen-bond acceptors (Lipinski definition) is 6. The number of rotatable bonds is 8. The van der Waals surface area contributed by atoms with Crippen LogP contribution >= 0.6 is 0 Å². The summed E-state index contributed by atoms with van der Waals surface area (Å²) in [6.45, 7) is 3.53. The zero-order valence-electron chi connectivity index (χ0n) is 10.5. The van der Waals surface area contributed by atoms with Crippen LogP contribution in [0.2, 0.25) is 0 Å². The first-order valence-electron chi connectivity index (χ1n) is 5.61. The Morgan fingerprint density at radius 1 is 1.72 bits per heavy atom. The maximum absolute atomic E-state index is 10.5. The highest BCUT2D eigenvalue weighted by molar-refractivity contribution is 5.20. The quantitative estimate of drug-likeness (QED) is 0.377. The van der Waals surface area contributed by atoms with Crippen molar-refractivity contribution in [3.63, 3.8) is 0 Å². The molecule has 1 aromatic rings. The molecule has 0 aliphatic carbocycles. The number of nitrogens with one attached hydrogen (secondary N) is 1. The van der Waals surface area contributed by atoms with Crippen molar-refractivity contribution in [1.82, 2.24) is 15.1 Å². The van der Waals surface area contributed by atoms with E-state index in [1.165, 1.54) is 10.7 Å². The molecule has 0 radical (unpaired) electrons. The largest absolute Gasteiger partial charge is 0.390 e. The average Bonchev–Trinajstić information content (AvgIpc) is 2.67. The Labute approximate surface area is 105 Å². The van der Waals surface area contributed by atoms with E-state index in [0.717, 1.165) is 0 Å². The molecule has 1 rings (SSSR count). The van der Waals surface area contributed by atoms with Gasteiger partial charge in [0.1, 0.15) is 0 Å². The minimum atomic E-state index is -0.653. The van der Waals surface area contributed by atoms with Gasteiger partial charge in [-0.1, -0.05) is 0 Å². The van der Waals surface area contributed by atoms with E-state index in [2.05, 4.69) is 10.4 Å². The molecule has 0 amide bonds. The monoisotopic (exact) mass is 258 g/mol. The lowest BCUT2D eigenvalue weighted by Gasteiger charge is -2.10. The lowest BCUT2D eigenvalue weighted by molar-refractivity contribution is -0.389. The number of nitro groups is 1. The molecule has 1 heterocycles. The fourth-order valence-electron chi connectivity index (χ4n) is 1.47.